The minimum absolute atomic E-state index is 0.0351. The van der Waals surface area contributed by atoms with Gasteiger partial charge in [0.2, 0.25) is 0 Å². The van der Waals surface area contributed by atoms with Gasteiger partial charge in [0.05, 0.1) is 9.92 Å². The second-order valence-electron chi connectivity index (χ2n) is 5.27. The van der Waals surface area contributed by atoms with Crippen LogP contribution in [0.1, 0.15) is 18.5 Å². The molecule has 0 aliphatic carbocycles. The Hall–Kier alpha value is -2.33. The Kier molecular flexibility index (Phi) is 5.09. The molecule has 0 aliphatic rings. The molecule has 3 rings (SSSR count). The first-order valence-electron chi connectivity index (χ1n) is 7.62. The Morgan fingerprint density at radius 3 is 2.68 bits per heavy atom. The molecule has 1 N–H and O–H groups in total. The lowest BCUT2D eigenvalue weighted by molar-refractivity contribution is 0.290. The van der Waals surface area contributed by atoms with Crippen LogP contribution >= 0.6 is 11.6 Å². The Balaban J connectivity index is 2.24. The maximum Gasteiger partial charge on any atom is 0.270 e. The van der Waals surface area contributed by atoms with Crippen molar-refractivity contribution in [1.29, 1.82) is 0 Å². The molecule has 0 aliphatic heterocycles. The zero-order valence-electron chi connectivity index (χ0n) is 13.2. The predicted octanol–water partition coefficient (Wildman–Crippen LogP) is 3.05. The van der Waals surface area contributed by atoms with Crippen molar-refractivity contribution in [2.24, 2.45) is 0 Å². The molecular formula is C18H15ClN2O3S. The van der Waals surface area contributed by atoms with Crippen LogP contribution in [0, 0.1) is 11.8 Å². The van der Waals surface area contributed by atoms with E-state index in [0.29, 0.717) is 23.3 Å². The maximum absolute atomic E-state index is 13.1. The molecular weight excluding hydrogens is 360 g/mol. The number of pyridine rings is 1. The fourth-order valence-electron chi connectivity index (χ4n) is 2.39. The van der Waals surface area contributed by atoms with Crippen LogP contribution in [0.15, 0.2) is 53.6 Å². The van der Waals surface area contributed by atoms with Crippen molar-refractivity contribution in [3.63, 3.8) is 0 Å². The van der Waals surface area contributed by atoms with E-state index in [9.17, 15) is 8.42 Å². The van der Waals surface area contributed by atoms with Gasteiger partial charge in [0, 0.05) is 24.6 Å². The van der Waals surface area contributed by atoms with Gasteiger partial charge in [0.15, 0.2) is 5.65 Å². The number of hydrogen-bond acceptors (Lipinski definition) is 4. The van der Waals surface area contributed by atoms with Crippen LogP contribution in [0.4, 0.5) is 0 Å². The molecule has 5 nitrogen and oxygen atoms in total. The summed E-state index contributed by atoms with van der Waals surface area (Å²) in [5.41, 5.74) is 0.528. The molecule has 0 radical (unpaired) electrons. The molecule has 7 heteroatoms. The smallest absolute Gasteiger partial charge is 0.270 e. The van der Waals surface area contributed by atoms with Crippen LogP contribution in [0.3, 0.4) is 0 Å². The number of halogens is 1. The average molecular weight is 375 g/mol. The molecule has 2 heterocycles. The van der Waals surface area contributed by atoms with E-state index in [1.54, 1.807) is 30.3 Å². The number of aromatic nitrogens is 2. The summed E-state index contributed by atoms with van der Waals surface area (Å²) in [6, 6.07) is 11.3. The molecule has 0 fully saturated rings. The highest BCUT2D eigenvalue weighted by Crippen LogP contribution is 2.28. The fourth-order valence-corrected chi connectivity index (χ4v) is 4.03. The Morgan fingerprint density at radius 2 is 1.96 bits per heavy atom. The van der Waals surface area contributed by atoms with E-state index in [1.165, 1.54) is 18.3 Å². The van der Waals surface area contributed by atoms with Crippen LogP contribution in [0.2, 0.25) is 5.02 Å². The van der Waals surface area contributed by atoms with Gasteiger partial charge < -0.3 is 5.11 Å². The zero-order valence-corrected chi connectivity index (χ0v) is 14.8. The number of rotatable bonds is 4. The lowest BCUT2D eigenvalue weighted by Gasteiger charge is -2.08. The lowest BCUT2D eigenvalue weighted by atomic mass is 10.3. The summed E-state index contributed by atoms with van der Waals surface area (Å²) in [4.78, 5) is 4.34. The van der Waals surface area contributed by atoms with Crippen LogP contribution in [-0.4, -0.2) is 29.1 Å². The number of aliphatic hydroxyl groups excluding tert-OH is 1. The third-order valence-corrected chi connectivity index (χ3v) is 5.61. The van der Waals surface area contributed by atoms with Crippen molar-refractivity contribution in [3.05, 3.63) is 59.4 Å². The Morgan fingerprint density at radius 1 is 1.20 bits per heavy atom. The van der Waals surface area contributed by atoms with Gasteiger partial charge in [-0.1, -0.05) is 35.7 Å². The highest BCUT2D eigenvalue weighted by Gasteiger charge is 2.24. The second kappa shape index (κ2) is 7.28. The number of hydrogen-bond donors (Lipinski definition) is 1. The topological polar surface area (TPSA) is 72.2 Å². The lowest BCUT2D eigenvalue weighted by Crippen LogP contribution is -2.15. The number of benzene rings is 1. The summed E-state index contributed by atoms with van der Waals surface area (Å²) in [7, 11) is -3.87. The molecule has 0 bridgehead atoms. The molecule has 3 aromatic rings. The van der Waals surface area contributed by atoms with Gasteiger partial charge in [0.1, 0.15) is 5.69 Å². The van der Waals surface area contributed by atoms with E-state index in [2.05, 4.69) is 16.8 Å². The normalized spacial score (nSPS) is 11.3. The number of fused-ring (bicyclic) bond motifs is 1. The summed E-state index contributed by atoms with van der Waals surface area (Å²) in [5, 5.41) is 9.78. The molecule has 2 aromatic heterocycles. The van der Waals surface area contributed by atoms with E-state index >= 15 is 0 Å². The van der Waals surface area contributed by atoms with Crippen LogP contribution in [0.5, 0.6) is 0 Å². The van der Waals surface area contributed by atoms with Crippen LogP contribution in [-0.2, 0) is 10.0 Å². The van der Waals surface area contributed by atoms with Crippen molar-refractivity contribution in [3.8, 4) is 11.8 Å². The molecule has 0 amide bonds. The van der Waals surface area contributed by atoms with E-state index < -0.39 is 10.0 Å². The quantitative estimate of drug-likeness (QED) is 0.562. The molecule has 128 valence electrons. The summed E-state index contributed by atoms with van der Waals surface area (Å²) < 4.78 is 27.3. The van der Waals surface area contributed by atoms with Gasteiger partial charge in [-0.2, -0.15) is 0 Å². The Labute approximate surface area is 150 Å². The highest BCUT2D eigenvalue weighted by molar-refractivity contribution is 7.90. The van der Waals surface area contributed by atoms with Gasteiger partial charge in [-0.15, -0.1) is 0 Å². The van der Waals surface area contributed by atoms with Crippen molar-refractivity contribution in [2.45, 2.75) is 17.7 Å². The third kappa shape index (κ3) is 3.40. The molecule has 0 saturated carbocycles. The summed E-state index contributed by atoms with van der Waals surface area (Å²) in [6.07, 6.45) is 2.45. The zero-order chi connectivity index (χ0) is 17.9. The molecule has 0 saturated heterocycles. The van der Waals surface area contributed by atoms with Crippen LogP contribution < -0.4 is 0 Å². The van der Waals surface area contributed by atoms with Gasteiger partial charge in [-0.05, 0) is 36.6 Å². The molecule has 0 atom stereocenters. The first kappa shape index (κ1) is 17.5. The van der Waals surface area contributed by atoms with Crippen molar-refractivity contribution < 1.29 is 13.5 Å². The minimum atomic E-state index is -3.87. The van der Waals surface area contributed by atoms with Crippen molar-refractivity contribution in [2.75, 3.05) is 6.61 Å². The molecule has 0 unspecified atom stereocenters. The van der Waals surface area contributed by atoms with Crippen molar-refractivity contribution in [1.82, 2.24) is 8.96 Å². The highest BCUT2D eigenvalue weighted by atomic mass is 35.5. The van der Waals surface area contributed by atoms with E-state index in [1.807, 2.05) is 0 Å². The van der Waals surface area contributed by atoms with Gasteiger partial charge >= 0.3 is 0 Å². The predicted molar refractivity (Wildman–Crippen MR) is 97.0 cm³/mol. The second-order valence-corrected chi connectivity index (χ2v) is 7.46. The van der Waals surface area contributed by atoms with E-state index in [4.69, 9.17) is 16.7 Å². The first-order chi connectivity index (χ1) is 12.1. The van der Waals surface area contributed by atoms with Crippen molar-refractivity contribution >= 4 is 32.7 Å². The standard InChI is InChI=1S/C18H15ClN2O3S/c19-17-10-11-20-18-16(17)13-14(7-3-2-6-12-22)21(18)25(23,24)15-8-4-1-5-9-15/h1,4-5,8-11,13,22H,2,6,12H2. The number of nitrogens with zero attached hydrogens (tertiary/aromatic N) is 2. The maximum atomic E-state index is 13.1. The average Bonchev–Trinajstić information content (AvgIpc) is 3.00. The summed E-state index contributed by atoms with van der Waals surface area (Å²) in [6.45, 7) is 0.0351. The van der Waals surface area contributed by atoms with Gasteiger partial charge in [-0.3, -0.25) is 0 Å². The largest absolute Gasteiger partial charge is 0.396 e. The van der Waals surface area contributed by atoms with Crippen LogP contribution in [0.25, 0.3) is 11.0 Å². The SMILES string of the molecule is O=S(=O)(c1ccccc1)n1c(C#CCCCO)cc2c(Cl)ccnc21. The van der Waals surface area contributed by atoms with Gasteiger partial charge in [0.25, 0.3) is 10.0 Å². The van der Waals surface area contributed by atoms with E-state index in [0.717, 1.165) is 3.97 Å². The van der Waals surface area contributed by atoms with Gasteiger partial charge in [-0.25, -0.2) is 17.4 Å². The Bertz CT molecular complexity index is 1060. The molecule has 25 heavy (non-hydrogen) atoms. The third-order valence-electron chi connectivity index (χ3n) is 3.57. The number of unbranched alkanes of at least 4 members (excludes halogenated alkanes) is 1. The monoisotopic (exact) mass is 374 g/mol. The molecule has 1 aromatic carbocycles. The molecule has 0 spiro atoms. The summed E-state index contributed by atoms with van der Waals surface area (Å²) in [5.74, 6) is 5.75. The summed E-state index contributed by atoms with van der Waals surface area (Å²) >= 11 is 6.19. The minimum Gasteiger partial charge on any atom is -0.396 e. The fraction of sp³-hybridized carbons (Fsp3) is 0.167. The first-order valence-corrected chi connectivity index (χ1v) is 9.44. The number of aliphatic hydroxyl groups is 1. The van der Waals surface area contributed by atoms with E-state index in [-0.39, 0.29) is 22.8 Å².